The van der Waals surface area contributed by atoms with Crippen LogP contribution in [-0.2, 0) is 22.4 Å². The highest BCUT2D eigenvalue weighted by molar-refractivity contribution is 9.10. The lowest BCUT2D eigenvalue weighted by Gasteiger charge is -2.29. The van der Waals surface area contributed by atoms with Crippen molar-refractivity contribution < 1.29 is 14.7 Å². The molecule has 1 unspecified atom stereocenters. The number of nitrogens with one attached hydrogen (secondary N) is 1. The first-order valence-electron chi connectivity index (χ1n) is 13.0. The molecular weight excluding hydrogens is 560 g/mol. The summed E-state index contributed by atoms with van der Waals surface area (Å²) in [5, 5.41) is 17.2. The van der Waals surface area contributed by atoms with Crippen molar-refractivity contribution >= 4 is 44.9 Å². The van der Waals surface area contributed by atoms with Gasteiger partial charge in [0.15, 0.2) is 11.9 Å². The second-order valence-electron chi connectivity index (χ2n) is 9.97. The van der Waals surface area contributed by atoms with Gasteiger partial charge in [0.25, 0.3) is 11.8 Å². The van der Waals surface area contributed by atoms with Gasteiger partial charge in [-0.2, -0.15) is 5.10 Å². The number of pyridine rings is 1. The number of aromatic nitrogens is 4. The van der Waals surface area contributed by atoms with E-state index in [-0.39, 0.29) is 30.5 Å². The molecule has 2 amide bonds. The van der Waals surface area contributed by atoms with Gasteiger partial charge in [-0.15, -0.1) is 0 Å². The summed E-state index contributed by atoms with van der Waals surface area (Å²) in [6, 6.07) is 12.1. The monoisotopic (exact) mass is 590 g/mol. The van der Waals surface area contributed by atoms with Crippen molar-refractivity contribution in [1.29, 1.82) is 0 Å². The number of aliphatic hydroxyl groups excluding tert-OH is 1. The SMILES string of the molecule is C=C(CCO)C(=O)N(c1cn2c(Br)cccc2n1)C(C(=O)Nc1ccc2c(c1)CCC2)c1ccn(C(C)C)n1. The predicted octanol–water partition coefficient (Wildman–Crippen LogP) is 5.01. The largest absolute Gasteiger partial charge is 0.396 e. The first-order chi connectivity index (χ1) is 18.8. The van der Waals surface area contributed by atoms with Crippen molar-refractivity contribution in [3.8, 4) is 0 Å². The highest BCUT2D eigenvalue weighted by Gasteiger charge is 2.37. The third-order valence-electron chi connectivity index (χ3n) is 6.92. The molecule has 5 rings (SSSR count). The highest BCUT2D eigenvalue weighted by atomic mass is 79.9. The number of nitrogens with zero attached hydrogens (tertiary/aromatic N) is 5. The predicted molar refractivity (Wildman–Crippen MR) is 154 cm³/mol. The van der Waals surface area contributed by atoms with Gasteiger partial charge < -0.3 is 10.4 Å². The average molecular weight is 592 g/mol. The Labute approximate surface area is 235 Å². The van der Waals surface area contributed by atoms with E-state index in [0.717, 1.165) is 23.9 Å². The standard InChI is InChI=1S/C29H31BrN6O3/c1-18(2)35-14-12-23(33-35)27(28(38)31-22-11-10-20-6-4-7-21(20)16-22)36(29(39)19(3)13-15-37)26-17-34-24(30)8-5-9-25(34)32-26/h5,8-12,14,16-18,27,37H,3-4,6-7,13,15H2,1-2H3,(H,31,38). The third-order valence-corrected chi connectivity index (χ3v) is 7.57. The molecule has 4 aromatic rings. The van der Waals surface area contributed by atoms with Crippen molar-refractivity contribution in [3.63, 3.8) is 0 Å². The molecule has 9 nitrogen and oxygen atoms in total. The topological polar surface area (TPSA) is 105 Å². The molecule has 3 aromatic heterocycles. The molecule has 39 heavy (non-hydrogen) atoms. The van der Waals surface area contributed by atoms with E-state index < -0.39 is 17.9 Å². The van der Waals surface area contributed by atoms with Crippen LogP contribution in [0.4, 0.5) is 11.5 Å². The molecular formula is C29H31BrN6O3. The van der Waals surface area contributed by atoms with E-state index in [1.165, 1.54) is 16.0 Å². The zero-order valence-electron chi connectivity index (χ0n) is 22.0. The smallest absolute Gasteiger partial charge is 0.255 e. The molecule has 0 spiro atoms. The molecule has 0 aliphatic heterocycles. The van der Waals surface area contributed by atoms with E-state index in [1.807, 2.05) is 50.2 Å². The fraction of sp³-hybridized carbons (Fsp3) is 0.310. The minimum absolute atomic E-state index is 0.0545. The van der Waals surface area contributed by atoms with Crippen LogP contribution in [0, 0.1) is 0 Å². The number of hydrogen-bond acceptors (Lipinski definition) is 5. The number of aliphatic hydroxyl groups is 1. The Morgan fingerprint density at radius 2 is 1.97 bits per heavy atom. The second-order valence-corrected chi connectivity index (χ2v) is 10.8. The molecule has 10 heteroatoms. The van der Waals surface area contributed by atoms with Crippen LogP contribution in [0.15, 0.2) is 71.6 Å². The van der Waals surface area contributed by atoms with E-state index in [4.69, 9.17) is 0 Å². The molecule has 3 heterocycles. The van der Waals surface area contributed by atoms with Crippen molar-refractivity contribution in [1.82, 2.24) is 19.2 Å². The van der Waals surface area contributed by atoms with Gasteiger partial charge in [0, 0.05) is 36.5 Å². The highest BCUT2D eigenvalue weighted by Crippen LogP contribution is 2.32. The van der Waals surface area contributed by atoms with E-state index in [1.54, 1.807) is 27.5 Å². The molecule has 202 valence electrons. The summed E-state index contributed by atoms with van der Waals surface area (Å²) in [6.07, 6.45) is 6.66. The number of hydrogen-bond donors (Lipinski definition) is 2. The molecule has 1 aliphatic carbocycles. The Morgan fingerprint density at radius 3 is 2.69 bits per heavy atom. The fourth-order valence-corrected chi connectivity index (χ4v) is 5.31. The van der Waals surface area contributed by atoms with E-state index in [0.29, 0.717) is 17.0 Å². The lowest BCUT2D eigenvalue weighted by atomic mass is 10.1. The zero-order valence-corrected chi connectivity index (χ0v) is 23.6. The number of imidazole rings is 1. The molecule has 1 atom stereocenters. The number of carbonyl (C=O) groups excluding carboxylic acids is 2. The number of halogens is 1. The van der Waals surface area contributed by atoms with Gasteiger partial charge in [-0.25, -0.2) is 4.98 Å². The maximum atomic E-state index is 14.1. The summed E-state index contributed by atoms with van der Waals surface area (Å²) >= 11 is 3.52. The van der Waals surface area contributed by atoms with E-state index >= 15 is 0 Å². The molecule has 1 aromatic carbocycles. The first kappa shape index (κ1) is 26.8. The van der Waals surface area contributed by atoms with E-state index in [9.17, 15) is 14.7 Å². The van der Waals surface area contributed by atoms with Crippen LogP contribution in [0.5, 0.6) is 0 Å². The van der Waals surface area contributed by atoms with Gasteiger partial charge in [0.05, 0.1) is 16.5 Å². The van der Waals surface area contributed by atoms with Crippen molar-refractivity contribution in [2.45, 2.75) is 51.6 Å². The molecule has 0 radical (unpaired) electrons. The Bertz CT molecular complexity index is 1560. The Kier molecular flexibility index (Phi) is 7.67. The van der Waals surface area contributed by atoms with Crippen LogP contribution in [-0.4, -0.2) is 42.7 Å². The number of fused-ring (bicyclic) bond motifs is 2. The number of amides is 2. The van der Waals surface area contributed by atoms with Crippen LogP contribution < -0.4 is 10.2 Å². The van der Waals surface area contributed by atoms with Crippen LogP contribution in [0.1, 0.15) is 55.6 Å². The molecule has 0 saturated carbocycles. The summed E-state index contributed by atoms with van der Waals surface area (Å²) in [7, 11) is 0. The number of benzene rings is 1. The van der Waals surface area contributed by atoms with Gasteiger partial charge in [0.1, 0.15) is 5.65 Å². The minimum Gasteiger partial charge on any atom is -0.396 e. The lowest BCUT2D eigenvalue weighted by molar-refractivity contribution is -0.122. The second kappa shape index (κ2) is 11.2. The van der Waals surface area contributed by atoms with Gasteiger partial charge in [-0.1, -0.05) is 18.7 Å². The normalized spacial score (nSPS) is 13.5. The summed E-state index contributed by atoms with van der Waals surface area (Å²) in [4.78, 5) is 34.0. The number of anilines is 2. The first-order valence-corrected chi connectivity index (χ1v) is 13.8. The van der Waals surface area contributed by atoms with Gasteiger partial charge in [-0.3, -0.25) is 23.6 Å². The average Bonchev–Trinajstić information content (AvgIpc) is 3.66. The van der Waals surface area contributed by atoms with Crippen LogP contribution in [0.2, 0.25) is 0 Å². The Morgan fingerprint density at radius 1 is 1.18 bits per heavy atom. The zero-order chi connectivity index (χ0) is 27.7. The molecule has 0 fully saturated rings. The van der Waals surface area contributed by atoms with Crippen molar-refractivity contribution in [3.05, 3.63) is 88.4 Å². The summed E-state index contributed by atoms with van der Waals surface area (Å²) in [5.74, 6) is -0.681. The fourth-order valence-electron chi connectivity index (χ4n) is 4.88. The Hall–Kier alpha value is -3.76. The lowest BCUT2D eigenvalue weighted by Crippen LogP contribution is -2.42. The maximum absolute atomic E-state index is 14.1. The molecule has 0 saturated heterocycles. The summed E-state index contributed by atoms with van der Waals surface area (Å²) < 4.78 is 4.27. The number of aryl methyl sites for hydroxylation is 2. The van der Waals surface area contributed by atoms with E-state index in [2.05, 4.69) is 37.9 Å². The Balaban J connectivity index is 1.62. The van der Waals surface area contributed by atoms with Crippen molar-refractivity contribution in [2.75, 3.05) is 16.8 Å². The minimum atomic E-state index is -1.15. The van der Waals surface area contributed by atoms with Crippen LogP contribution in [0.3, 0.4) is 0 Å². The summed E-state index contributed by atoms with van der Waals surface area (Å²) in [5.41, 5.74) is 4.33. The molecule has 2 N–H and O–H groups in total. The van der Waals surface area contributed by atoms with Crippen LogP contribution in [0.25, 0.3) is 5.65 Å². The molecule has 0 bridgehead atoms. The van der Waals surface area contributed by atoms with Gasteiger partial charge >= 0.3 is 0 Å². The van der Waals surface area contributed by atoms with Crippen LogP contribution >= 0.6 is 15.9 Å². The molecule has 1 aliphatic rings. The third kappa shape index (κ3) is 5.39. The van der Waals surface area contributed by atoms with Gasteiger partial charge in [-0.05, 0) is 90.5 Å². The maximum Gasteiger partial charge on any atom is 0.255 e. The number of rotatable bonds is 9. The number of carbonyl (C=O) groups is 2. The van der Waals surface area contributed by atoms with Crippen molar-refractivity contribution in [2.24, 2.45) is 0 Å². The summed E-state index contributed by atoms with van der Waals surface area (Å²) in [6.45, 7) is 7.63. The van der Waals surface area contributed by atoms with Gasteiger partial charge in [0.2, 0.25) is 0 Å². The quantitative estimate of drug-likeness (QED) is 0.210.